The Kier molecular flexibility index (Phi) is 5.34. The molecule has 0 fully saturated rings. The summed E-state index contributed by atoms with van der Waals surface area (Å²) in [6, 6.07) is 13.3. The SMILES string of the molecule is COc1ccnc(CNC(=O)C(C)(c2ccccc2)N(C)C)c1. The molecular formula is C18H23N3O2. The zero-order chi connectivity index (χ0) is 16.9. The van der Waals surface area contributed by atoms with Crippen LogP contribution >= 0.6 is 0 Å². The van der Waals surface area contributed by atoms with Crippen molar-refractivity contribution in [1.82, 2.24) is 15.2 Å². The molecule has 0 aliphatic rings. The largest absolute Gasteiger partial charge is 0.497 e. The number of carbonyl (C=O) groups excluding carboxylic acids is 1. The van der Waals surface area contributed by atoms with Gasteiger partial charge in [0, 0.05) is 12.3 Å². The van der Waals surface area contributed by atoms with Crippen molar-refractivity contribution in [2.45, 2.75) is 19.0 Å². The first kappa shape index (κ1) is 17.0. The molecule has 122 valence electrons. The first-order valence-electron chi connectivity index (χ1n) is 7.48. The number of hydrogen-bond donors (Lipinski definition) is 1. The quantitative estimate of drug-likeness (QED) is 0.888. The van der Waals surface area contributed by atoms with Gasteiger partial charge in [-0.15, -0.1) is 0 Å². The van der Waals surface area contributed by atoms with Gasteiger partial charge in [0.05, 0.1) is 19.3 Å². The topological polar surface area (TPSA) is 54.5 Å². The molecule has 0 bridgehead atoms. The number of aromatic nitrogens is 1. The van der Waals surface area contributed by atoms with Crippen LogP contribution < -0.4 is 10.1 Å². The lowest BCUT2D eigenvalue weighted by molar-refractivity contribution is -0.131. The normalized spacial score (nSPS) is 13.4. The van der Waals surface area contributed by atoms with Crippen molar-refractivity contribution in [3.8, 4) is 5.75 Å². The fraction of sp³-hybridized carbons (Fsp3) is 0.333. The maximum Gasteiger partial charge on any atom is 0.245 e. The molecule has 2 aromatic rings. The summed E-state index contributed by atoms with van der Waals surface area (Å²) < 4.78 is 5.18. The van der Waals surface area contributed by atoms with Crippen molar-refractivity contribution in [3.63, 3.8) is 0 Å². The average Bonchev–Trinajstić information content (AvgIpc) is 2.59. The number of nitrogens with one attached hydrogen (secondary N) is 1. The standard InChI is InChI=1S/C18H23N3O2/c1-18(21(2)3,14-8-6-5-7-9-14)17(22)20-13-15-12-16(23-4)10-11-19-15/h5-12H,13H2,1-4H3,(H,20,22). The van der Waals surface area contributed by atoms with Crippen LogP contribution in [-0.2, 0) is 16.9 Å². The summed E-state index contributed by atoms with van der Waals surface area (Å²) >= 11 is 0. The van der Waals surface area contributed by atoms with E-state index in [1.54, 1.807) is 19.4 Å². The van der Waals surface area contributed by atoms with E-state index >= 15 is 0 Å². The number of rotatable bonds is 6. The minimum Gasteiger partial charge on any atom is -0.497 e. The van der Waals surface area contributed by atoms with E-state index in [0.717, 1.165) is 17.0 Å². The van der Waals surface area contributed by atoms with Crippen molar-refractivity contribution in [2.75, 3.05) is 21.2 Å². The Hall–Kier alpha value is -2.40. The number of benzene rings is 1. The molecule has 0 radical (unpaired) electrons. The Labute approximate surface area is 137 Å². The van der Waals surface area contributed by atoms with Gasteiger partial charge in [-0.25, -0.2) is 0 Å². The number of likely N-dealkylation sites (N-methyl/N-ethyl adjacent to an activating group) is 1. The predicted octanol–water partition coefficient (Wildman–Crippen LogP) is 2.18. The minimum atomic E-state index is -0.750. The number of hydrogen-bond acceptors (Lipinski definition) is 4. The summed E-state index contributed by atoms with van der Waals surface area (Å²) in [5, 5.41) is 2.97. The summed E-state index contributed by atoms with van der Waals surface area (Å²) in [5.74, 6) is 0.654. The van der Waals surface area contributed by atoms with Crippen molar-refractivity contribution in [2.24, 2.45) is 0 Å². The van der Waals surface area contributed by atoms with Gasteiger partial charge in [0.1, 0.15) is 11.3 Å². The van der Waals surface area contributed by atoms with Gasteiger partial charge in [0.15, 0.2) is 0 Å². The van der Waals surface area contributed by atoms with E-state index in [0.29, 0.717) is 6.54 Å². The van der Waals surface area contributed by atoms with Crippen LogP contribution in [-0.4, -0.2) is 37.0 Å². The molecule has 1 unspecified atom stereocenters. The molecule has 0 aliphatic carbocycles. The molecule has 1 heterocycles. The van der Waals surface area contributed by atoms with Crippen LogP contribution in [0.4, 0.5) is 0 Å². The molecule has 23 heavy (non-hydrogen) atoms. The molecule has 0 saturated heterocycles. The Morgan fingerprint density at radius 2 is 1.96 bits per heavy atom. The zero-order valence-corrected chi connectivity index (χ0v) is 14.0. The number of amides is 1. The van der Waals surface area contributed by atoms with Gasteiger partial charge in [-0.1, -0.05) is 30.3 Å². The number of methoxy groups -OCH3 is 1. The van der Waals surface area contributed by atoms with Gasteiger partial charge in [-0.3, -0.25) is 14.7 Å². The molecule has 2 rings (SSSR count). The first-order chi connectivity index (χ1) is 11.0. The van der Waals surface area contributed by atoms with Crippen LogP contribution in [0.15, 0.2) is 48.7 Å². The molecule has 1 aromatic heterocycles. The van der Waals surface area contributed by atoms with Crippen LogP contribution in [0.3, 0.4) is 0 Å². The predicted molar refractivity (Wildman–Crippen MR) is 90.1 cm³/mol. The molecular weight excluding hydrogens is 290 g/mol. The van der Waals surface area contributed by atoms with Crippen LogP contribution in [0.5, 0.6) is 5.75 Å². The first-order valence-corrected chi connectivity index (χ1v) is 7.48. The maximum absolute atomic E-state index is 12.8. The summed E-state index contributed by atoms with van der Waals surface area (Å²) in [7, 11) is 5.41. The lowest BCUT2D eigenvalue weighted by Gasteiger charge is -2.35. The minimum absolute atomic E-state index is 0.0710. The Bertz CT molecular complexity index is 658. The number of pyridine rings is 1. The average molecular weight is 313 g/mol. The molecule has 1 atom stereocenters. The number of ether oxygens (including phenoxy) is 1. The lowest BCUT2D eigenvalue weighted by Crippen LogP contribution is -2.51. The highest BCUT2D eigenvalue weighted by Crippen LogP contribution is 2.26. The van der Waals surface area contributed by atoms with Crippen molar-refractivity contribution in [3.05, 3.63) is 59.9 Å². The highest BCUT2D eigenvalue weighted by molar-refractivity contribution is 5.87. The lowest BCUT2D eigenvalue weighted by atomic mass is 9.89. The highest BCUT2D eigenvalue weighted by Gasteiger charge is 2.37. The highest BCUT2D eigenvalue weighted by atomic mass is 16.5. The Morgan fingerprint density at radius 3 is 2.57 bits per heavy atom. The second-order valence-electron chi connectivity index (χ2n) is 5.70. The van der Waals surface area contributed by atoms with Crippen molar-refractivity contribution >= 4 is 5.91 Å². The van der Waals surface area contributed by atoms with E-state index < -0.39 is 5.54 Å². The second kappa shape index (κ2) is 7.24. The van der Waals surface area contributed by atoms with Gasteiger partial charge >= 0.3 is 0 Å². The molecule has 5 nitrogen and oxygen atoms in total. The van der Waals surface area contributed by atoms with E-state index in [1.807, 2.05) is 62.3 Å². The second-order valence-corrected chi connectivity index (χ2v) is 5.70. The Morgan fingerprint density at radius 1 is 1.26 bits per heavy atom. The summed E-state index contributed by atoms with van der Waals surface area (Å²) in [5.41, 5.74) is 0.952. The molecule has 1 amide bonds. The summed E-state index contributed by atoms with van der Waals surface area (Å²) in [6.07, 6.45) is 1.67. The summed E-state index contributed by atoms with van der Waals surface area (Å²) in [4.78, 5) is 19.0. The van der Waals surface area contributed by atoms with E-state index in [1.165, 1.54) is 0 Å². The van der Waals surface area contributed by atoms with E-state index in [2.05, 4.69) is 10.3 Å². The number of carbonyl (C=O) groups is 1. The van der Waals surface area contributed by atoms with Crippen LogP contribution in [0.1, 0.15) is 18.2 Å². The zero-order valence-electron chi connectivity index (χ0n) is 14.0. The van der Waals surface area contributed by atoms with Gasteiger partial charge in [-0.2, -0.15) is 0 Å². The van der Waals surface area contributed by atoms with E-state index in [4.69, 9.17) is 4.74 Å². The van der Waals surface area contributed by atoms with Crippen LogP contribution in [0, 0.1) is 0 Å². The van der Waals surface area contributed by atoms with Gasteiger partial charge < -0.3 is 10.1 Å². The fourth-order valence-corrected chi connectivity index (χ4v) is 2.38. The van der Waals surface area contributed by atoms with Crippen LogP contribution in [0.25, 0.3) is 0 Å². The third-order valence-electron chi connectivity index (χ3n) is 4.13. The monoisotopic (exact) mass is 313 g/mol. The fourth-order valence-electron chi connectivity index (χ4n) is 2.38. The Balaban J connectivity index is 2.16. The molecule has 1 aromatic carbocycles. The van der Waals surface area contributed by atoms with Gasteiger partial charge in [0.25, 0.3) is 0 Å². The van der Waals surface area contributed by atoms with E-state index in [-0.39, 0.29) is 5.91 Å². The maximum atomic E-state index is 12.8. The molecule has 5 heteroatoms. The molecule has 0 aliphatic heterocycles. The third kappa shape index (κ3) is 3.68. The summed E-state index contributed by atoms with van der Waals surface area (Å²) in [6.45, 7) is 2.27. The van der Waals surface area contributed by atoms with Crippen molar-refractivity contribution in [1.29, 1.82) is 0 Å². The smallest absolute Gasteiger partial charge is 0.245 e. The van der Waals surface area contributed by atoms with Crippen LogP contribution in [0.2, 0.25) is 0 Å². The van der Waals surface area contributed by atoms with Gasteiger partial charge in [-0.05, 0) is 32.6 Å². The van der Waals surface area contributed by atoms with Crippen molar-refractivity contribution < 1.29 is 9.53 Å². The molecule has 0 saturated carbocycles. The van der Waals surface area contributed by atoms with Gasteiger partial charge in [0.2, 0.25) is 5.91 Å². The molecule has 0 spiro atoms. The van der Waals surface area contributed by atoms with E-state index in [9.17, 15) is 4.79 Å². The number of nitrogens with zero attached hydrogens (tertiary/aromatic N) is 2. The third-order valence-corrected chi connectivity index (χ3v) is 4.13. The molecule has 1 N–H and O–H groups in total.